The lowest BCUT2D eigenvalue weighted by molar-refractivity contribution is 0.168. The molecule has 9 nitrogen and oxygen atoms in total. The normalized spacial score (nSPS) is 13.0. The minimum Gasteiger partial charge on any atom is -0.410 e. The Balaban J connectivity index is 1.54. The summed E-state index contributed by atoms with van der Waals surface area (Å²) < 4.78 is 20.9. The highest BCUT2D eigenvalue weighted by Gasteiger charge is 2.29. The first kappa shape index (κ1) is 21.4. The molecule has 0 atom stereocenters. The van der Waals surface area contributed by atoms with E-state index >= 15 is 0 Å². The molecule has 2 aromatic heterocycles. The molecule has 3 aromatic rings. The number of hydrogen-bond acceptors (Lipinski definition) is 5. The highest BCUT2D eigenvalue weighted by atomic mass is 19.1. The zero-order valence-corrected chi connectivity index (χ0v) is 17.7. The van der Waals surface area contributed by atoms with Crippen LogP contribution in [0.15, 0.2) is 33.9 Å². The maximum absolute atomic E-state index is 12.9. The summed E-state index contributed by atoms with van der Waals surface area (Å²) in [6.45, 7) is 2.42. The minimum atomic E-state index is -0.653. The monoisotopic (exact) mass is 439 g/mol. The third kappa shape index (κ3) is 4.27. The quantitative estimate of drug-likeness (QED) is 0.615. The van der Waals surface area contributed by atoms with Crippen molar-refractivity contribution in [1.82, 2.24) is 24.0 Å². The Morgan fingerprint density at radius 1 is 1.31 bits per heavy atom. The van der Waals surface area contributed by atoms with Crippen LogP contribution in [0.2, 0.25) is 0 Å². The molecule has 4 rings (SSSR count). The van der Waals surface area contributed by atoms with Crippen LogP contribution in [0.4, 0.5) is 9.18 Å². The second kappa shape index (κ2) is 8.70. The molecule has 0 radical (unpaired) electrons. The van der Waals surface area contributed by atoms with Crippen molar-refractivity contribution in [3.63, 3.8) is 0 Å². The van der Waals surface area contributed by atoms with Crippen LogP contribution in [0.5, 0.6) is 5.75 Å². The zero-order chi connectivity index (χ0) is 22.8. The van der Waals surface area contributed by atoms with Gasteiger partial charge in [0.15, 0.2) is 17.0 Å². The summed E-state index contributed by atoms with van der Waals surface area (Å²) in [7, 11) is 1.51. The molecular formula is C22H22FN5O4. The van der Waals surface area contributed by atoms with Gasteiger partial charge in [-0.25, -0.2) is 19.0 Å². The smallest absolute Gasteiger partial charge is 0.410 e. The Morgan fingerprint density at radius 3 is 2.69 bits per heavy atom. The summed E-state index contributed by atoms with van der Waals surface area (Å²) in [4.78, 5) is 46.2. The standard InChI is InChI=1S/C22H22FN5O4/c1-3-12-27-19-18(20(29)28(21(27)30)15-8-9-15)24-17(25-19)5-4-13-26(2)22(31)32-16-10-6-14(23)7-11-16/h6-7,10-11,15H,3,8-9,12-13H2,1-2H3,(H,24,25). The molecule has 0 saturated heterocycles. The molecule has 0 unspecified atom stereocenters. The largest absolute Gasteiger partial charge is 0.415 e. The van der Waals surface area contributed by atoms with Gasteiger partial charge < -0.3 is 9.72 Å². The van der Waals surface area contributed by atoms with E-state index in [0.717, 1.165) is 12.8 Å². The predicted molar refractivity (Wildman–Crippen MR) is 115 cm³/mol. The summed E-state index contributed by atoms with van der Waals surface area (Å²) in [6.07, 6.45) is 1.69. The number of carbonyl (C=O) groups excluding carboxylic acids is 1. The van der Waals surface area contributed by atoms with Crippen LogP contribution in [0.25, 0.3) is 11.2 Å². The van der Waals surface area contributed by atoms with Crippen molar-refractivity contribution in [2.45, 2.75) is 38.8 Å². The molecule has 32 heavy (non-hydrogen) atoms. The molecule has 1 aliphatic rings. The number of amides is 1. The van der Waals surface area contributed by atoms with Crippen LogP contribution < -0.4 is 16.0 Å². The third-order valence-corrected chi connectivity index (χ3v) is 5.02. The molecule has 2 heterocycles. The average Bonchev–Trinajstić information content (AvgIpc) is 3.51. The molecule has 1 amide bonds. The molecule has 1 aromatic carbocycles. The number of hydrogen-bond donors (Lipinski definition) is 1. The van der Waals surface area contributed by atoms with E-state index in [1.807, 2.05) is 6.92 Å². The van der Waals surface area contributed by atoms with E-state index in [0.29, 0.717) is 13.0 Å². The minimum absolute atomic E-state index is 0.0329. The van der Waals surface area contributed by atoms with Crippen molar-refractivity contribution < 1.29 is 13.9 Å². The Labute approximate surface area is 182 Å². The molecule has 1 fully saturated rings. The van der Waals surface area contributed by atoms with E-state index in [9.17, 15) is 18.8 Å². The van der Waals surface area contributed by atoms with Crippen molar-refractivity contribution in [2.24, 2.45) is 0 Å². The van der Waals surface area contributed by atoms with Gasteiger partial charge in [-0.05, 0) is 49.4 Å². The molecule has 1 N–H and O–H groups in total. The van der Waals surface area contributed by atoms with Crippen molar-refractivity contribution in [2.75, 3.05) is 13.6 Å². The highest BCUT2D eigenvalue weighted by molar-refractivity contribution is 5.71. The van der Waals surface area contributed by atoms with Crippen LogP contribution in [-0.2, 0) is 6.54 Å². The van der Waals surface area contributed by atoms with Gasteiger partial charge >= 0.3 is 11.8 Å². The molecule has 0 spiro atoms. The van der Waals surface area contributed by atoms with Crippen molar-refractivity contribution in [3.8, 4) is 17.6 Å². The fraction of sp³-hybridized carbons (Fsp3) is 0.364. The lowest BCUT2D eigenvalue weighted by Crippen LogP contribution is -2.39. The SMILES string of the molecule is CCCn1c(=O)n(C2CC2)c(=O)c2[nH]c(C#CCN(C)C(=O)Oc3ccc(F)cc3)nc21. The van der Waals surface area contributed by atoms with Crippen molar-refractivity contribution in [1.29, 1.82) is 0 Å². The number of aromatic nitrogens is 4. The van der Waals surface area contributed by atoms with E-state index in [1.54, 1.807) is 0 Å². The number of carbonyl (C=O) groups is 1. The number of ether oxygens (including phenoxy) is 1. The van der Waals surface area contributed by atoms with Gasteiger partial charge in [-0.1, -0.05) is 12.8 Å². The van der Waals surface area contributed by atoms with E-state index in [2.05, 4.69) is 21.8 Å². The van der Waals surface area contributed by atoms with Gasteiger partial charge in [-0.3, -0.25) is 18.8 Å². The van der Waals surface area contributed by atoms with Gasteiger partial charge in [-0.15, -0.1) is 0 Å². The highest BCUT2D eigenvalue weighted by Crippen LogP contribution is 2.32. The fourth-order valence-electron chi connectivity index (χ4n) is 3.26. The number of halogens is 1. The van der Waals surface area contributed by atoms with Crippen LogP contribution in [-0.4, -0.2) is 43.7 Å². The van der Waals surface area contributed by atoms with E-state index in [4.69, 9.17) is 4.74 Å². The number of H-pyrrole nitrogens is 1. The first-order valence-electron chi connectivity index (χ1n) is 10.3. The number of aryl methyl sites for hydroxylation is 1. The van der Waals surface area contributed by atoms with E-state index < -0.39 is 11.9 Å². The summed E-state index contributed by atoms with van der Waals surface area (Å²) in [5, 5.41) is 0. The summed E-state index contributed by atoms with van der Waals surface area (Å²) in [6, 6.07) is 5.04. The van der Waals surface area contributed by atoms with Crippen LogP contribution in [0.1, 0.15) is 38.1 Å². The number of rotatable bonds is 5. The Morgan fingerprint density at radius 2 is 2.03 bits per heavy atom. The average molecular weight is 439 g/mol. The first-order chi connectivity index (χ1) is 15.4. The van der Waals surface area contributed by atoms with Crippen molar-refractivity contribution in [3.05, 3.63) is 56.7 Å². The van der Waals surface area contributed by atoms with Gasteiger partial charge in [0.25, 0.3) is 5.56 Å². The number of aromatic amines is 1. The molecule has 0 bridgehead atoms. The Hall–Kier alpha value is -3.87. The van der Waals surface area contributed by atoms with Gasteiger partial charge in [0.2, 0.25) is 0 Å². The van der Waals surface area contributed by atoms with Gasteiger partial charge in [-0.2, -0.15) is 0 Å². The molecule has 166 valence electrons. The number of fused-ring (bicyclic) bond motifs is 1. The molecule has 1 saturated carbocycles. The lowest BCUT2D eigenvalue weighted by atomic mass is 10.3. The molecular weight excluding hydrogens is 417 g/mol. The zero-order valence-electron chi connectivity index (χ0n) is 17.7. The predicted octanol–water partition coefficient (Wildman–Crippen LogP) is 2.25. The van der Waals surface area contributed by atoms with E-state index in [-0.39, 0.29) is 46.6 Å². The number of benzene rings is 1. The Kier molecular flexibility index (Phi) is 5.81. The third-order valence-electron chi connectivity index (χ3n) is 5.02. The fourth-order valence-corrected chi connectivity index (χ4v) is 3.26. The van der Waals surface area contributed by atoms with Gasteiger partial charge in [0.1, 0.15) is 11.6 Å². The first-order valence-corrected chi connectivity index (χ1v) is 10.3. The molecule has 10 heteroatoms. The second-order valence-corrected chi connectivity index (χ2v) is 7.60. The summed E-state index contributed by atoms with van der Waals surface area (Å²) >= 11 is 0. The second-order valence-electron chi connectivity index (χ2n) is 7.60. The van der Waals surface area contributed by atoms with Gasteiger partial charge in [0, 0.05) is 19.6 Å². The van der Waals surface area contributed by atoms with E-state index in [1.165, 1.54) is 45.3 Å². The summed E-state index contributed by atoms with van der Waals surface area (Å²) in [5.74, 6) is 5.61. The number of imidazole rings is 1. The van der Waals surface area contributed by atoms with Crippen LogP contribution in [0, 0.1) is 17.7 Å². The lowest BCUT2D eigenvalue weighted by Gasteiger charge is -2.13. The maximum atomic E-state index is 12.9. The number of nitrogens with zero attached hydrogens (tertiary/aromatic N) is 4. The Bertz CT molecular complexity index is 1340. The number of nitrogens with one attached hydrogen (secondary N) is 1. The van der Waals surface area contributed by atoms with Gasteiger partial charge in [0.05, 0.1) is 6.54 Å². The topological polar surface area (TPSA) is 102 Å². The van der Waals surface area contributed by atoms with Crippen molar-refractivity contribution >= 4 is 17.3 Å². The maximum Gasteiger partial charge on any atom is 0.415 e. The van der Waals surface area contributed by atoms with Crippen LogP contribution >= 0.6 is 0 Å². The van der Waals surface area contributed by atoms with Crippen LogP contribution in [0.3, 0.4) is 0 Å². The molecule has 1 aliphatic carbocycles. The molecule has 0 aliphatic heterocycles. The summed E-state index contributed by atoms with van der Waals surface area (Å²) in [5.41, 5.74) is -0.202.